The van der Waals surface area contributed by atoms with Crippen LogP contribution in [0.5, 0.6) is 11.5 Å². The zero-order valence-corrected chi connectivity index (χ0v) is 10.9. The van der Waals surface area contributed by atoms with E-state index >= 15 is 0 Å². The van der Waals surface area contributed by atoms with Gasteiger partial charge in [0.2, 0.25) is 0 Å². The highest BCUT2D eigenvalue weighted by molar-refractivity contribution is 5.48. The molecule has 0 saturated carbocycles. The van der Waals surface area contributed by atoms with Crippen LogP contribution in [0, 0.1) is 6.92 Å². The van der Waals surface area contributed by atoms with E-state index in [1.165, 1.54) is 0 Å². The van der Waals surface area contributed by atoms with E-state index in [9.17, 15) is 5.11 Å². The first kappa shape index (κ1) is 13.8. The Labute approximate surface area is 103 Å². The molecule has 2 N–H and O–H groups in total. The maximum absolute atomic E-state index is 9.45. The first-order valence-corrected chi connectivity index (χ1v) is 5.65. The molecule has 1 rings (SSSR count). The Kier molecular flexibility index (Phi) is 5.25. The molecule has 4 nitrogen and oxygen atoms in total. The molecule has 0 aromatic heterocycles. The number of benzene rings is 1. The van der Waals surface area contributed by atoms with Crippen LogP contribution in [0.2, 0.25) is 0 Å². The molecule has 0 fully saturated rings. The lowest BCUT2D eigenvalue weighted by atomic mass is 9.94. The molecule has 0 radical (unpaired) electrons. The Bertz CT molecular complexity index is 366. The second-order valence-electron chi connectivity index (χ2n) is 4.00. The number of rotatable bonds is 6. The highest BCUT2D eigenvalue weighted by atomic mass is 16.5. The summed E-state index contributed by atoms with van der Waals surface area (Å²) < 4.78 is 10.6. The van der Waals surface area contributed by atoms with E-state index in [0.29, 0.717) is 6.54 Å². The van der Waals surface area contributed by atoms with Crippen molar-refractivity contribution in [1.82, 2.24) is 5.32 Å². The maximum Gasteiger partial charge on any atom is 0.126 e. The predicted molar refractivity (Wildman–Crippen MR) is 68.0 cm³/mol. The van der Waals surface area contributed by atoms with Crippen molar-refractivity contribution < 1.29 is 14.6 Å². The molecule has 0 heterocycles. The van der Waals surface area contributed by atoms with E-state index in [4.69, 9.17) is 9.47 Å². The van der Waals surface area contributed by atoms with Crippen LogP contribution in [0.1, 0.15) is 17.0 Å². The molecule has 1 unspecified atom stereocenters. The van der Waals surface area contributed by atoms with Gasteiger partial charge in [0.05, 0.1) is 20.8 Å². The molecule has 1 aromatic rings. The minimum Gasteiger partial charge on any atom is -0.497 e. The maximum atomic E-state index is 9.45. The van der Waals surface area contributed by atoms with Gasteiger partial charge in [-0.2, -0.15) is 0 Å². The van der Waals surface area contributed by atoms with Crippen molar-refractivity contribution >= 4 is 0 Å². The summed E-state index contributed by atoms with van der Waals surface area (Å²) in [7, 11) is 5.13. The van der Waals surface area contributed by atoms with Crippen molar-refractivity contribution in [3.63, 3.8) is 0 Å². The molecule has 17 heavy (non-hydrogen) atoms. The number of nitrogens with one attached hydrogen (secondary N) is 1. The Morgan fingerprint density at radius 2 is 2.00 bits per heavy atom. The molecule has 0 amide bonds. The molecule has 0 aliphatic heterocycles. The summed E-state index contributed by atoms with van der Waals surface area (Å²) in [4.78, 5) is 0. The quantitative estimate of drug-likeness (QED) is 0.786. The monoisotopic (exact) mass is 239 g/mol. The molecule has 0 aliphatic carbocycles. The van der Waals surface area contributed by atoms with E-state index in [1.54, 1.807) is 14.2 Å². The highest BCUT2D eigenvalue weighted by Gasteiger charge is 2.18. The summed E-state index contributed by atoms with van der Waals surface area (Å²) >= 11 is 0. The van der Waals surface area contributed by atoms with Gasteiger partial charge in [0, 0.05) is 24.1 Å². The molecule has 0 aliphatic rings. The van der Waals surface area contributed by atoms with E-state index in [1.807, 2.05) is 26.1 Å². The van der Waals surface area contributed by atoms with Crippen molar-refractivity contribution in [2.45, 2.75) is 12.8 Å². The van der Waals surface area contributed by atoms with E-state index < -0.39 is 0 Å². The lowest BCUT2D eigenvalue weighted by Crippen LogP contribution is -2.21. The number of aliphatic hydroxyl groups excluding tert-OH is 1. The second-order valence-corrected chi connectivity index (χ2v) is 4.00. The lowest BCUT2D eigenvalue weighted by molar-refractivity contribution is 0.259. The van der Waals surface area contributed by atoms with Gasteiger partial charge in [0.15, 0.2) is 0 Å². The van der Waals surface area contributed by atoms with Crippen molar-refractivity contribution in [2.75, 3.05) is 34.4 Å². The topological polar surface area (TPSA) is 50.7 Å². The molecule has 96 valence electrons. The minimum absolute atomic E-state index is 0.0286. The number of ether oxygens (including phenoxy) is 2. The van der Waals surface area contributed by atoms with Gasteiger partial charge in [-0.25, -0.2) is 0 Å². The number of methoxy groups -OCH3 is 2. The Hall–Kier alpha value is -1.26. The third-order valence-corrected chi connectivity index (χ3v) is 2.86. The number of hydrogen-bond acceptors (Lipinski definition) is 4. The molecular formula is C13H21NO3. The van der Waals surface area contributed by atoms with Gasteiger partial charge in [0.1, 0.15) is 11.5 Å². The fourth-order valence-electron chi connectivity index (χ4n) is 2.05. The lowest BCUT2D eigenvalue weighted by Gasteiger charge is -2.20. The van der Waals surface area contributed by atoms with Crippen LogP contribution in [0.4, 0.5) is 0 Å². The predicted octanol–water partition coefficient (Wildman–Crippen LogP) is 1.31. The number of aliphatic hydroxyl groups is 1. The minimum atomic E-state index is 0.0286. The summed E-state index contributed by atoms with van der Waals surface area (Å²) in [5.74, 6) is 1.56. The third kappa shape index (κ3) is 3.11. The van der Waals surface area contributed by atoms with Crippen LogP contribution in [0.25, 0.3) is 0 Å². The SMILES string of the molecule is CNCC(CO)c1c(C)cc(OC)cc1OC. The van der Waals surface area contributed by atoms with Crippen LogP contribution in [-0.4, -0.2) is 39.5 Å². The fourth-order valence-corrected chi connectivity index (χ4v) is 2.05. The fraction of sp³-hybridized carbons (Fsp3) is 0.538. The van der Waals surface area contributed by atoms with Gasteiger partial charge < -0.3 is 19.9 Å². The molecular weight excluding hydrogens is 218 g/mol. The van der Waals surface area contributed by atoms with Gasteiger partial charge in [0.25, 0.3) is 0 Å². The van der Waals surface area contributed by atoms with Crippen molar-refractivity contribution in [2.24, 2.45) is 0 Å². The van der Waals surface area contributed by atoms with E-state index in [0.717, 1.165) is 22.6 Å². The molecule has 4 heteroatoms. The number of likely N-dealkylation sites (N-methyl/N-ethyl adjacent to an activating group) is 1. The van der Waals surface area contributed by atoms with Crippen molar-refractivity contribution in [3.05, 3.63) is 23.3 Å². The van der Waals surface area contributed by atoms with Crippen LogP contribution < -0.4 is 14.8 Å². The van der Waals surface area contributed by atoms with Crippen molar-refractivity contribution in [3.8, 4) is 11.5 Å². The number of aryl methyl sites for hydroxylation is 1. The van der Waals surface area contributed by atoms with Gasteiger partial charge in [-0.3, -0.25) is 0 Å². The standard InChI is InChI=1S/C13H21NO3/c1-9-5-11(16-3)6-12(17-4)13(9)10(8-15)7-14-2/h5-6,10,14-15H,7-8H2,1-4H3. The molecule has 1 aromatic carbocycles. The third-order valence-electron chi connectivity index (χ3n) is 2.86. The summed E-state index contributed by atoms with van der Waals surface area (Å²) in [6.45, 7) is 2.79. The summed E-state index contributed by atoms with van der Waals surface area (Å²) in [5.41, 5.74) is 2.10. The van der Waals surface area contributed by atoms with Crippen molar-refractivity contribution in [1.29, 1.82) is 0 Å². The smallest absolute Gasteiger partial charge is 0.126 e. The summed E-state index contributed by atoms with van der Waals surface area (Å²) in [6, 6.07) is 3.80. The Morgan fingerprint density at radius 1 is 1.29 bits per heavy atom. The normalized spacial score (nSPS) is 12.3. The highest BCUT2D eigenvalue weighted by Crippen LogP contribution is 2.33. The largest absolute Gasteiger partial charge is 0.497 e. The Morgan fingerprint density at radius 3 is 2.47 bits per heavy atom. The zero-order valence-electron chi connectivity index (χ0n) is 10.9. The molecule has 1 atom stereocenters. The average molecular weight is 239 g/mol. The van der Waals surface area contributed by atoms with Gasteiger partial charge in [-0.05, 0) is 25.6 Å². The first-order valence-electron chi connectivity index (χ1n) is 5.65. The second kappa shape index (κ2) is 6.47. The van der Waals surface area contributed by atoms with Crippen LogP contribution >= 0.6 is 0 Å². The van der Waals surface area contributed by atoms with Crippen LogP contribution in [-0.2, 0) is 0 Å². The van der Waals surface area contributed by atoms with Crippen LogP contribution in [0.15, 0.2) is 12.1 Å². The number of hydrogen-bond donors (Lipinski definition) is 2. The van der Waals surface area contributed by atoms with Gasteiger partial charge >= 0.3 is 0 Å². The summed E-state index contributed by atoms with van der Waals surface area (Å²) in [5, 5.41) is 12.5. The van der Waals surface area contributed by atoms with Gasteiger partial charge in [-0.1, -0.05) is 0 Å². The Balaban J connectivity index is 3.20. The first-order chi connectivity index (χ1) is 8.17. The zero-order chi connectivity index (χ0) is 12.8. The molecule has 0 bridgehead atoms. The molecule has 0 spiro atoms. The van der Waals surface area contributed by atoms with Crippen LogP contribution in [0.3, 0.4) is 0 Å². The van der Waals surface area contributed by atoms with E-state index in [-0.39, 0.29) is 12.5 Å². The van der Waals surface area contributed by atoms with Gasteiger partial charge in [-0.15, -0.1) is 0 Å². The van der Waals surface area contributed by atoms with E-state index in [2.05, 4.69) is 5.32 Å². The molecule has 0 saturated heterocycles. The summed E-state index contributed by atoms with van der Waals surface area (Å²) in [6.07, 6.45) is 0. The average Bonchev–Trinajstić information content (AvgIpc) is 2.35.